The topological polar surface area (TPSA) is 138 Å². The summed E-state index contributed by atoms with van der Waals surface area (Å²) in [5.41, 5.74) is 0. The Kier molecular flexibility index (Phi) is 21.3. The zero-order valence-corrected chi connectivity index (χ0v) is 17.9. The van der Waals surface area contributed by atoms with E-state index in [-0.39, 0.29) is 25.2 Å². The first-order valence-corrected chi connectivity index (χ1v) is 11.8. The molecule has 8 nitrogen and oxygen atoms in total. The van der Waals surface area contributed by atoms with Gasteiger partial charge in [0, 0.05) is 6.61 Å². The fourth-order valence-electron chi connectivity index (χ4n) is 2.35. The van der Waals surface area contributed by atoms with Crippen molar-refractivity contribution in [3.05, 3.63) is 0 Å². The minimum atomic E-state index is -3.87. The maximum atomic E-state index is 10.4. The monoisotopic (exact) mass is 426 g/mol. The van der Waals surface area contributed by atoms with Crippen molar-refractivity contribution in [3.63, 3.8) is 0 Å². The Balaban J connectivity index is 0. The van der Waals surface area contributed by atoms with Crippen LogP contribution >= 0.6 is 0 Å². The molecule has 0 saturated carbocycles. The Labute approximate surface area is 169 Å². The molecule has 0 unspecified atom stereocenters. The van der Waals surface area contributed by atoms with Gasteiger partial charge in [-0.3, -0.25) is 14.1 Å². The van der Waals surface area contributed by atoms with E-state index >= 15 is 0 Å². The lowest BCUT2D eigenvalue weighted by atomic mass is 10.1. The molecule has 0 aliphatic carbocycles. The summed E-state index contributed by atoms with van der Waals surface area (Å²) in [5.74, 6) is -2.45. The smallest absolute Gasteiger partial charge is 0.303 e. The van der Waals surface area contributed by atoms with Crippen molar-refractivity contribution in [2.45, 2.75) is 90.4 Å². The van der Waals surface area contributed by atoms with E-state index in [2.05, 4.69) is 6.92 Å². The van der Waals surface area contributed by atoms with Crippen molar-refractivity contribution in [1.29, 1.82) is 0 Å². The quantitative estimate of drug-likeness (QED) is 0.219. The standard InChI is InChI=1S/C15H32O4S.C4H6O4/c1-2-3-4-5-6-7-8-9-10-11-12-13-19-14-15-20(16,17)18;5-3(6)1-2-4(7)8/h2-15H2,1H3,(H,16,17,18);1-2H2,(H,5,6)(H,7,8). The van der Waals surface area contributed by atoms with Gasteiger partial charge in [0.1, 0.15) is 0 Å². The normalized spacial score (nSPS) is 10.9. The van der Waals surface area contributed by atoms with Crippen LogP contribution in [0.5, 0.6) is 0 Å². The lowest BCUT2D eigenvalue weighted by Crippen LogP contribution is -2.11. The summed E-state index contributed by atoms with van der Waals surface area (Å²) >= 11 is 0. The first kappa shape index (κ1) is 29.0. The Morgan fingerprint density at radius 3 is 1.46 bits per heavy atom. The Hall–Kier alpha value is -1.19. The summed E-state index contributed by atoms with van der Waals surface area (Å²) in [7, 11) is -3.87. The van der Waals surface area contributed by atoms with Crippen LogP contribution in [0, 0.1) is 0 Å². The highest BCUT2D eigenvalue weighted by Gasteiger charge is 2.03. The molecule has 0 radical (unpaired) electrons. The van der Waals surface area contributed by atoms with Gasteiger partial charge in [-0.05, 0) is 6.42 Å². The number of ether oxygens (including phenoxy) is 1. The molecule has 0 aliphatic rings. The van der Waals surface area contributed by atoms with Crippen LogP contribution < -0.4 is 0 Å². The second-order valence-corrected chi connectivity index (χ2v) is 8.29. The van der Waals surface area contributed by atoms with Crippen molar-refractivity contribution in [2.24, 2.45) is 0 Å². The number of hydrogen-bond donors (Lipinski definition) is 3. The zero-order valence-electron chi connectivity index (χ0n) is 17.1. The van der Waals surface area contributed by atoms with Crippen molar-refractivity contribution in [3.8, 4) is 0 Å². The molecule has 9 heteroatoms. The van der Waals surface area contributed by atoms with Gasteiger partial charge >= 0.3 is 11.9 Å². The maximum Gasteiger partial charge on any atom is 0.303 e. The number of carboxylic acid groups (broad SMARTS) is 2. The third kappa shape index (κ3) is 32.5. The molecule has 0 aromatic carbocycles. The van der Waals surface area contributed by atoms with E-state index in [1.807, 2.05) is 0 Å². The SMILES string of the molecule is CCCCCCCCCCCCCOCCS(=O)(=O)O.O=C(O)CCC(=O)O. The highest BCUT2D eigenvalue weighted by Crippen LogP contribution is 2.11. The number of unbranched alkanes of at least 4 members (excludes halogenated alkanes) is 10. The summed E-state index contributed by atoms with van der Waals surface area (Å²) in [6.45, 7) is 2.93. The lowest BCUT2D eigenvalue weighted by molar-refractivity contribution is -0.143. The molecule has 0 heterocycles. The first-order chi connectivity index (χ1) is 13.2. The third-order valence-electron chi connectivity index (χ3n) is 3.93. The van der Waals surface area contributed by atoms with Gasteiger partial charge in [-0.25, -0.2) is 0 Å². The van der Waals surface area contributed by atoms with E-state index in [9.17, 15) is 18.0 Å². The minimum Gasteiger partial charge on any atom is -0.481 e. The second kappa shape index (κ2) is 20.5. The lowest BCUT2D eigenvalue weighted by Gasteiger charge is -2.04. The number of carbonyl (C=O) groups is 2. The summed E-state index contributed by atoms with van der Waals surface area (Å²) in [6, 6.07) is 0. The first-order valence-electron chi connectivity index (χ1n) is 10.2. The van der Waals surface area contributed by atoms with Gasteiger partial charge in [0.25, 0.3) is 10.1 Å². The fraction of sp³-hybridized carbons (Fsp3) is 0.895. The van der Waals surface area contributed by atoms with Crippen LogP contribution in [0.2, 0.25) is 0 Å². The van der Waals surface area contributed by atoms with E-state index in [0.29, 0.717) is 6.61 Å². The molecule has 0 aromatic heterocycles. The average molecular weight is 427 g/mol. The molecule has 0 saturated heterocycles. The van der Waals surface area contributed by atoms with Gasteiger partial charge in [-0.1, -0.05) is 71.1 Å². The molecule has 0 bridgehead atoms. The number of carboxylic acids is 2. The van der Waals surface area contributed by atoms with Crippen molar-refractivity contribution < 1.29 is 37.5 Å². The highest BCUT2D eigenvalue weighted by molar-refractivity contribution is 7.85. The molecule has 0 fully saturated rings. The summed E-state index contributed by atoms with van der Waals surface area (Å²) in [6.07, 6.45) is 13.6. The molecular weight excluding hydrogens is 388 g/mol. The average Bonchev–Trinajstić information content (AvgIpc) is 2.60. The van der Waals surface area contributed by atoms with Crippen LogP contribution in [0.4, 0.5) is 0 Å². The van der Waals surface area contributed by atoms with Gasteiger partial charge in [-0.15, -0.1) is 0 Å². The van der Waals surface area contributed by atoms with E-state index in [1.165, 1.54) is 57.8 Å². The molecule has 28 heavy (non-hydrogen) atoms. The van der Waals surface area contributed by atoms with Crippen LogP contribution in [0.3, 0.4) is 0 Å². The van der Waals surface area contributed by atoms with Crippen LogP contribution in [0.15, 0.2) is 0 Å². The maximum absolute atomic E-state index is 10.4. The van der Waals surface area contributed by atoms with Gasteiger partial charge in [0.2, 0.25) is 0 Å². The molecule has 168 valence electrons. The fourth-order valence-corrected chi connectivity index (χ4v) is 2.68. The number of aliphatic carboxylic acids is 2. The predicted molar refractivity (Wildman–Crippen MR) is 108 cm³/mol. The van der Waals surface area contributed by atoms with Gasteiger partial charge < -0.3 is 14.9 Å². The van der Waals surface area contributed by atoms with Gasteiger partial charge in [0.05, 0.1) is 25.2 Å². The molecule has 0 rings (SSSR count). The molecule has 3 N–H and O–H groups in total. The summed E-state index contributed by atoms with van der Waals surface area (Å²) in [4.78, 5) is 19.3. The van der Waals surface area contributed by atoms with Crippen LogP contribution in [-0.2, 0) is 24.4 Å². The predicted octanol–water partition coefficient (Wildman–Crippen LogP) is 4.14. The van der Waals surface area contributed by atoms with E-state index < -0.39 is 22.1 Å². The summed E-state index contributed by atoms with van der Waals surface area (Å²) < 4.78 is 34.5. The number of hydrogen-bond acceptors (Lipinski definition) is 5. The molecule has 0 spiro atoms. The van der Waals surface area contributed by atoms with Crippen LogP contribution in [-0.4, -0.2) is 54.1 Å². The Bertz CT molecular complexity index is 462. The number of rotatable bonds is 18. The summed E-state index contributed by atoms with van der Waals surface area (Å²) in [5, 5.41) is 15.8. The Morgan fingerprint density at radius 2 is 1.11 bits per heavy atom. The van der Waals surface area contributed by atoms with Crippen LogP contribution in [0.1, 0.15) is 90.4 Å². The van der Waals surface area contributed by atoms with Crippen molar-refractivity contribution in [1.82, 2.24) is 0 Å². The Morgan fingerprint density at radius 1 is 0.714 bits per heavy atom. The van der Waals surface area contributed by atoms with Crippen LogP contribution in [0.25, 0.3) is 0 Å². The van der Waals surface area contributed by atoms with E-state index in [0.717, 1.165) is 12.8 Å². The highest BCUT2D eigenvalue weighted by atomic mass is 32.2. The van der Waals surface area contributed by atoms with E-state index in [4.69, 9.17) is 19.5 Å². The minimum absolute atomic E-state index is 0.0938. The molecule has 0 aromatic rings. The molecule has 0 atom stereocenters. The second-order valence-electron chi connectivity index (χ2n) is 6.72. The van der Waals surface area contributed by atoms with Crippen molar-refractivity contribution in [2.75, 3.05) is 19.0 Å². The largest absolute Gasteiger partial charge is 0.481 e. The van der Waals surface area contributed by atoms with Gasteiger partial charge in [0.15, 0.2) is 0 Å². The van der Waals surface area contributed by atoms with Gasteiger partial charge in [-0.2, -0.15) is 8.42 Å². The van der Waals surface area contributed by atoms with Crippen molar-refractivity contribution >= 4 is 22.1 Å². The molecule has 0 aliphatic heterocycles. The molecule has 0 amide bonds. The zero-order chi connectivity index (χ0) is 21.7. The third-order valence-corrected chi connectivity index (χ3v) is 4.61. The molecular formula is C19H38O8S. The van der Waals surface area contributed by atoms with E-state index in [1.54, 1.807) is 0 Å².